The van der Waals surface area contributed by atoms with Crippen molar-refractivity contribution in [2.24, 2.45) is 0 Å². The standard InChI is InChI=1S/C41H27N3/c1-4-14-28(15-5-1)32-24-33(29-16-6-2-7-17-29)26-34(25-32)40-42-39(30-18-8-3-9-19-30)43-41(44-40)38-27-31-20-10-11-21-35(31)36-22-12-13-23-37(36)38/h1-27H. The fourth-order valence-electron chi connectivity index (χ4n) is 5.93. The molecular formula is C41H27N3. The summed E-state index contributed by atoms with van der Waals surface area (Å²) in [5.74, 6) is 1.94. The van der Waals surface area contributed by atoms with Crippen LogP contribution >= 0.6 is 0 Å². The van der Waals surface area contributed by atoms with E-state index in [0.717, 1.165) is 49.7 Å². The van der Waals surface area contributed by atoms with Crippen LogP contribution < -0.4 is 0 Å². The Labute approximate surface area is 256 Å². The first-order valence-electron chi connectivity index (χ1n) is 14.8. The predicted octanol–water partition coefficient (Wildman–Crippen LogP) is 10.5. The van der Waals surface area contributed by atoms with Gasteiger partial charge in [-0.15, -0.1) is 0 Å². The molecule has 0 fully saturated rings. The maximum absolute atomic E-state index is 5.20. The van der Waals surface area contributed by atoms with Gasteiger partial charge in [-0.3, -0.25) is 0 Å². The molecule has 0 aliphatic rings. The molecule has 0 radical (unpaired) electrons. The number of aromatic nitrogens is 3. The minimum absolute atomic E-state index is 0.640. The molecule has 1 aromatic heterocycles. The second-order valence-electron chi connectivity index (χ2n) is 10.9. The van der Waals surface area contributed by atoms with Gasteiger partial charge in [0, 0.05) is 16.7 Å². The molecular weight excluding hydrogens is 534 g/mol. The van der Waals surface area contributed by atoms with Crippen LogP contribution in [-0.2, 0) is 0 Å². The Hall–Kier alpha value is -5.93. The first-order chi connectivity index (χ1) is 21.8. The Bertz CT molecular complexity index is 2200. The monoisotopic (exact) mass is 561 g/mol. The smallest absolute Gasteiger partial charge is 0.164 e. The Morgan fingerprint density at radius 3 is 1.32 bits per heavy atom. The van der Waals surface area contributed by atoms with Crippen LogP contribution in [0.15, 0.2) is 164 Å². The molecule has 0 atom stereocenters. The van der Waals surface area contributed by atoms with Crippen molar-refractivity contribution in [1.29, 1.82) is 0 Å². The molecule has 1 heterocycles. The molecule has 8 rings (SSSR count). The van der Waals surface area contributed by atoms with Crippen molar-refractivity contribution in [3.8, 4) is 56.4 Å². The number of benzene rings is 7. The summed E-state index contributed by atoms with van der Waals surface area (Å²) in [6.07, 6.45) is 0. The summed E-state index contributed by atoms with van der Waals surface area (Å²) in [5.41, 5.74) is 7.39. The zero-order chi connectivity index (χ0) is 29.3. The van der Waals surface area contributed by atoms with Gasteiger partial charge < -0.3 is 0 Å². The van der Waals surface area contributed by atoms with E-state index in [2.05, 4.69) is 133 Å². The molecule has 0 N–H and O–H groups in total. The summed E-state index contributed by atoms with van der Waals surface area (Å²) in [6, 6.07) is 56.9. The summed E-state index contributed by atoms with van der Waals surface area (Å²) in [5, 5.41) is 4.67. The zero-order valence-electron chi connectivity index (χ0n) is 23.9. The topological polar surface area (TPSA) is 38.7 Å². The molecule has 0 saturated heterocycles. The molecule has 206 valence electrons. The van der Waals surface area contributed by atoms with Gasteiger partial charge in [0.1, 0.15) is 0 Å². The molecule has 7 aromatic carbocycles. The highest BCUT2D eigenvalue weighted by molar-refractivity contribution is 6.13. The average molecular weight is 562 g/mol. The highest BCUT2D eigenvalue weighted by atomic mass is 15.0. The van der Waals surface area contributed by atoms with Crippen molar-refractivity contribution < 1.29 is 0 Å². The normalized spacial score (nSPS) is 11.2. The first kappa shape index (κ1) is 25.8. The molecule has 0 aliphatic heterocycles. The zero-order valence-corrected chi connectivity index (χ0v) is 23.9. The van der Waals surface area contributed by atoms with Crippen molar-refractivity contribution >= 4 is 21.5 Å². The molecule has 44 heavy (non-hydrogen) atoms. The van der Waals surface area contributed by atoms with E-state index in [1.807, 2.05) is 30.3 Å². The largest absolute Gasteiger partial charge is 0.208 e. The van der Waals surface area contributed by atoms with E-state index < -0.39 is 0 Å². The van der Waals surface area contributed by atoms with E-state index in [9.17, 15) is 0 Å². The maximum atomic E-state index is 5.20. The van der Waals surface area contributed by atoms with E-state index >= 15 is 0 Å². The minimum Gasteiger partial charge on any atom is -0.208 e. The van der Waals surface area contributed by atoms with Crippen LogP contribution in [0.25, 0.3) is 78.0 Å². The van der Waals surface area contributed by atoms with Gasteiger partial charge in [0.25, 0.3) is 0 Å². The molecule has 0 bridgehead atoms. The van der Waals surface area contributed by atoms with E-state index in [0.29, 0.717) is 17.5 Å². The third-order valence-electron chi connectivity index (χ3n) is 8.08. The van der Waals surface area contributed by atoms with Crippen molar-refractivity contribution in [3.05, 3.63) is 164 Å². The van der Waals surface area contributed by atoms with Gasteiger partial charge in [-0.05, 0) is 68.1 Å². The number of hydrogen-bond donors (Lipinski definition) is 0. The van der Waals surface area contributed by atoms with Crippen LogP contribution in [0.2, 0.25) is 0 Å². The van der Waals surface area contributed by atoms with Crippen LogP contribution in [0, 0.1) is 0 Å². The van der Waals surface area contributed by atoms with Crippen molar-refractivity contribution in [3.63, 3.8) is 0 Å². The minimum atomic E-state index is 0.640. The third kappa shape index (κ3) is 4.81. The van der Waals surface area contributed by atoms with Crippen LogP contribution in [0.5, 0.6) is 0 Å². The molecule has 0 unspecified atom stereocenters. The Morgan fingerprint density at radius 2 is 0.705 bits per heavy atom. The number of hydrogen-bond acceptors (Lipinski definition) is 3. The second kappa shape index (κ2) is 11.0. The molecule has 0 spiro atoms. The van der Waals surface area contributed by atoms with Crippen LogP contribution in [0.4, 0.5) is 0 Å². The van der Waals surface area contributed by atoms with Crippen LogP contribution in [0.3, 0.4) is 0 Å². The van der Waals surface area contributed by atoms with E-state index in [4.69, 9.17) is 15.0 Å². The summed E-state index contributed by atoms with van der Waals surface area (Å²) in [7, 11) is 0. The summed E-state index contributed by atoms with van der Waals surface area (Å²) in [6.45, 7) is 0. The lowest BCUT2D eigenvalue weighted by atomic mass is 9.95. The molecule has 0 aliphatic carbocycles. The molecule has 3 nitrogen and oxygen atoms in total. The summed E-state index contributed by atoms with van der Waals surface area (Å²) >= 11 is 0. The van der Waals surface area contributed by atoms with Gasteiger partial charge >= 0.3 is 0 Å². The van der Waals surface area contributed by atoms with E-state index in [1.54, 1.807) is 0 Å². The second-order valence-corrected chi connectivity index (χ2v) is 10.9. The van der Waals surface area contributed by atoms with Crippen molar-refractivity contribution in [1.82, 2.24) is 15.0 Å². The van der Waals surface area contributed by atoms with E-state index in [1.165, 1.54) is 10.8 Å². The fourth-order valence-corrected chi connectivity index (χ4v) is 5.93. The average Bonchev–Trinajstić information content (AvgIpc) is 3.12. The Morgan fingerprint density at radius 1 is 0.273 bits per heavy atom. The molecule has 0 amide bonds. The first-order valence-corrected chi connectivity index (χ1v) is 14.8. The van der Waals surface area contributed by atoms with Crippen LogP contribution in [-0.4, -0.2) is 15.0 Å². The lowest BCUT2D eigenvalue weighted by Crippen LogP contribution is -2.01. The third-order valence-corrected chi connectivity index (χ3v) is 8.08. The van der Waals surface area contributed by atoms with Gasteiger partial charge in [-0.1, -0.05) is 140 Å². The van der Waals surface area contributed by atoms with Gasteiger partial charge in [0.2, 0.25) is 0 Å². The summed E-state index contributed by atoms with van der Waals surface area (Å²) in [4.78, 5) is 15.4. The quantitative estimate of drug-likeness (QED) is 0.196. The maximum Gasteiger partial charge on any atom is 0.164 e. The molecule has 8 aromatic rings. The SMILES string of the molecule is c1ccc(-c2cc(-c3ccccc3)cc(-c3nc(-c4ccccc4)nc(-c4cc5ccccc5c5ccccc45)n3)c2)cc1. The van der Waals surface area contributed by atoms with E-state index in [-0.39, 0.29) is 0 Å². The van der Waals surface area contributed by atoms with Gasteiger partial charge in [0.15, 0.2) is 17.5 Å². The lowest BCUT2D eigenvalue weighted by molar-refractivity contribution is 1.08. The van der Waals surface area contributed by atoms with Gasteiger partial charge in [-0.25, -0.2) is 15.0 Å². The van der Waals surface area contributed by atoms with Crippen molar-refractivity contribution in [2.45, 2.75) is 0 Å². The van der Waals surface area contributed by atoms with Crippen molar-refractivity contribution in [2.75, 3.05) is 0 Å². The van der Waals surface area contributed by atoms with Gasteiger partial charge in [0.05, 0.1) is 0 Å². The Balaban J connectivity index is 1.41. The predicted molar refractivity (Wildman–Crippen MR) is 182 cm³/mol. The number of rotatable bonds is 5. The molecule has 3 heteroatoms. The summed E-state index contributed by atoms with van der Waals surface area (Å²) < 4.78 is 0. The lowest BCUT2D eigenvalue weighted by Gasteiger charge is -2.14. The highest BCUT2D eigenvalue weighted by Crippen LogP contribution is 2.36. The number of nitrogens with zero attached hydrogens (tertiary/aromatic N) is 3. The number of fused-ring (bicyclic) bond motifs is 3. The fraction of sp³-hybridized carbons (Fsp3) is 0. The molecule has 0 saturated carbocycles. The Kier molecular flexibility index (Phi) is 6.47. The highest BCUT2D eigenvalue weighted by Gasteiger charge is 2.17. The van der Waals surface area contributed by atoms with Crippen LogP contribution in [0.1, 0.15) is 0 Å². The van der Waals surface area contributed by atoms with Gasteiger partial charge in [-0.2, -0.15) is 0 Å².